The van der Waals surface area contributed by atoms with Crippen molar-refractivity contribution < 1.29 is 8.42 Å². The molecule has 0 saturated carbocycles. The summed E-state index contributed by atoms with van der Waals surface area (Å²) in [5.41, 5.74) is 0. The van der Waals surface area contributed by atoms with Gasteiger partial charge < -0.3 is 5.32 Å². The quantitative estimate of drug-likeness (QED) is 0.716. The Morgan fingerprint density at radius 3 is 2.33 bits per heavy atom. The summed E-state index contributed by atoms with van der Waals surface area (Å²) in [4.78, 5) is 0. The Morgan fingerprint density at radius 2 is 1.87 bits per heavy atom. The lowest BCUT2D eigenvalue weighted by Gasteiger charge is -2.35. The smallest absolute Gasteiger partial charge is 0.279 e. The normalized spacial score (nSPS) is 29.3. The van der Waals surface area contributed by atoms with Gasteiger partial charge in [0.2, 0.25) is 0 Å². The van der Waals surface area contributed by atoms with Crippen molar-refractivity contribution in [3.63, 3.8) is 0 Å². The van der Waals surface area contributed by atoms with E-state index in [-0.39, 0.29) is 12.1 Å². The van der Waals surface area contributed by atoms with Crippen molar-refractivity contribution in [2.45, 2.75) is 39.3 Å². The minimum atomic E-state index is -3.27. The molecule has 0 aromatic carbocycles. The van der Waals surface area contributed by atoms with Crippen LogP contribution in [-0.2, 0) is 10.2 Å². The second-order valence-corrected chi connectivity index (χ2v) is 5.94. The van der Waals surface area contributed by atoms with E-state index in [2.05, 4.69) is 10.0 Å². The maximum Gasteiger partial charge on any atom is 0.279 e. The fourth-order valence-corrected chi connectivity index (χ4v) is 3.28. The van der Waals surface area contributed by atoms with Gasteiger partial charge in [-0.15, -0.1) is 0 Å². The van der Waals surface area contributed by atoms with Crippen molar-refractivity contribution in [2.75, 3.05) is 19.6 Å². The SMILES string of the molecule is CCCNS(=O)(=O)N1CC(C)NC(C)C1. The van der Waals surface area contributed by atoms with Gasteiger partial charge in [0.1, 0.15) is 0 Å². The maximum atomic E-state index is 11.8. The van der Waals surface area contributed by atoms with E-state index in [1.807, 2.05) is 20.8 Å². The number of hydrogen-bond donors (Lipinski definition) is 2. The van der Waals surface area contributed by atoms with Crippen LogP contribution in [0.25, 0.3) is 0 Å². The zero-order valence-corrected chi connectivity index (χ0v) is 10.5. The monoisotopic (exact) mass is 235 g/mol. The average Bonchev–Trinajstić information content (AvgIpc) is 2.13. The van der Waals surface area contributed by atoms with Crippen LogP contribution in [-0.4, -0.2) is 44.4 Å². The van der Waals surface area contributed by atoms with Crippen LogP contribution in [0.2, 0.25) is 0 Å². The predicted octanol–water partition coefficient (Wildman–Crippen LogP) is -0.0870. The Hall–Kier alpha value is -0.170. The van der Waals surface area contributed by atoms with Crippen LogP contribution in [0.4, 0.5) is 0 Å². The first kappa shape index (κ1) is 12.9. The van der Waals surface area contributed by atoms with E-state index in [4.69, 9.17) is 0 Å². The van der Waals surface area contributed by atoms with E-state index >= 15 is 0 Å². The fourth-order valence-electron chi connectivity index (χ4n) is 1.80. The summed E-state index contributed by atoms with van der Waals surface area (Å²) in [6.07, 6.45) is 0.816. The Morgan fingerprint density at radius 1 is 1.33 bits per heavy atom. The standard InChI is InChI=1S/C9H21N3O2S/c1-4-5-10-15(13,14)12-6-8(2)11-9(3)7-12/h8-11H,4-7H2,1-3H3. The minimum Gasteiger partial charge on any atom is -0.309 e. The van der Waals surface area contributed by atoms with Crippen molar-refractivity contribution in [1.29, 1.82) is 0 Å². The summed E-state index contributed by atoms with van der Waals surface area (Å²) >= 11 is 0. The van der Waals surface area contributed by atoms with Crippen LogP contribution < -0.4 is 10.0 Å². The fraction of sp³-hybridized carbons (Fsp3) is 1.00. The van der Waals surface area contributed by atoms with Gasteiger partial charge in [-0.2, -0.15) is 12.7 Å². The van der Waals surface area contributed by atoms with Gasteiger partial charge in [0.25, 0.3) is 10.2 Å². The number of nitrogens with one attached hydrogen (secondary N) is 2. The summed E-state index contributed by atoms with van der Waals surface area (Å²) in [5.74, 6) is 0. The molecule has 0 bridgehead atoms. The summed E-state index contributed by atoms with van der Waals surface area (Å²) in [6, 6.07) is 0.430. The molecule has 5 nitrogen and oxygen atoms in total. The molecule has 0 aromatic rings. The van der Waals surface area contributed by atoms with E-state index in [0.717, 1.165) is 6.42 Å². The molecule has 2 atom stereocenters. The number of rotatable bonds is 4. The van der Waals surface area contributed by atoms with E-state index in [0.29, 0.717) is 19.6 Å². The molecule has 1 aliphatic rings. The Balaban J connectivity index is 2.61. The first-order valence-corrected chi connectivity index (χ1v) is 6.90. The summed E-state index contributed by atoms with van der Waals surface area (Å²) in [6.45, 7) is 7.54. The number of nitrogens with zero attached hydrogens (tertiary/aromatic N) is 1. The van der Waals surface area contributed by atoms with Gasteiger partial charge in [0.15, 0.2) is 0 Å². The molecule has 0 radical (unpaired) electrons. The van der Waals surface area contributed by atoms with Crippen molar-refractivity contribution >= 4 is 10.2 Å². The van der Waals surface area contributed by atoms with Crippen molar-refractivity contribution in [3.8, 4) is 0 Å². The maximum absolute atomic E-state index is 11.8. The third-order valence-electron chi connectivity index (χ3n) is 2.40. The molecule has 1 saturated heterocycles. The van der Waals surface area contributed by atoms with Crippen LogP contribution >= 0.6 is 0 Å². The van der Waals surface area contributed by atoms with Crippen molar-refractivity contribution in [3.05, 3.63) is 0 Å². The molecule has 0 spiro atoms. The molecule has 2 unspecified atom stereocenters. The van der Waals surface area contributed by atoms with E-state index < -0.39 is 10.2 Å². The largest absolute Gasteiger partial charge is 0.309 e. The minimum absolute atomic E-state index is 0.215. The Bertz CT molecular complexity index is 282. The van der Waals surface area contributed by atoms with Crippen LogP contribution in [0.15, 0.2) is 0 Å². The lowest BCUT2D eigenvalue weighted by atomic mass is 10.2. The second kappa shape index (κ2) is 5.25. The van der Waals surface area contributed by atoms with Crippen LogP contribution in [0, 0.1) is 0 Å². The van der Waals surface area contributed by atoms with E-state index in [1.54, 1.807) is 0 Å². The molecule has 1 fully saturated rings. The first-order chi connectivity index (χ1) is 6.95. The summed E-state index contributed by atoms with van der Waals surface area (Å²) in [7, 11) is -3.27. The molecule has 0 aromatic heterocycles. The van der Waals surface area contributed by atoms with Crippen molar-refractivity contribution in [1.82, 2.24) is 14.3 Å². The molecular formula is C9H21N3O2S. The van der Waals surface area contributed by atoms with Crippen molar-refractivity contribution in [2.24, 2.45) is 0 Å². The zero-order chi connectivity index (χ0) is 11.5. The Kier molecular flexibility index (Phi) is 4.51. The average molecular weight is 235 g/mol. The molecule has 1 aliphatic heterocycles. The van der Waals surface area contributed by atoms with Gasteiger partial charge in [0, 0.05) is 31.7 Å². The van der Waals surface area contributed by atoms with Gasteiger partial charge >= 0.3 is 0 Å². The van der Waals surface area contributed by atoms with Crippen LogP contribution in [0.3, 0.4) is 0 Å². The van der Waals surface area contributed by atoms with E-state index in [1.165, 1.54) is 4.31 Å². The third kappa shape index (κ3) is 3.71. The highest BCUT2D eigenvalue weighted by Gasteiger charge is 2.29. The van der Waals surface area contributed by atoms with Gasteiger partial charge in [-0.25, -0.2) is 4.72 Å². The lowest BCUT2D eigenvalue weighted by Crippen LogP contribution is -2.58. The van der Waals surface area contributed by atoms with Gasteiger partial charge in [0.05, 0.1) is 0 Å². The molecular weight excluding hydrogens is 214 g/mol. The molecule has 15 heavy (non-hydrogen) atoms. The number of hydrogen-bond acceptors (Lipinski definition) is 3. The van der Waals surface area contributed by atoms with Gasteiger partial charge in [-0.1, -0.05) is 6.92 Å². The molecule has 0 aliphatic carbocycles. The first-order valence-electron chi connectivity index (χ1n) is 5.46. The molecule has 0 amide bonds. The molecule has 2 N–H and O–H groups in total. The predicted molar refractivity (Wildman–Crippen MR) is 60.8 cm³/mol. The molecule has 90 valence electrons. The number of piperazine rings is 1. The van der Waals surface area contributed by atoms with Crippen LogP contribution in [0.5, 0.6) is 0 Å². The topological polar surface area (TPSA) is 61.4 Å². The molecule has 1 heterocycles. The second-order valence-electron chi connectivity index (χ2n) is 4.19. The highest BCUT2D eigenvalue weighted by molar-refractivity contribution is 7.87. The third-order valence-corrected chi connectivity index (χ3v) is 3.95. The molecule has 6 heteroatoms. The summed E-state index contributed by atoms with van der Waals surface area (Å²) in [5, 5.41) is 3.30. The van der Waals surface area contributed by atoms with E-state index in [9.17, 15) is 8.42 Å². The highest BCUT2D eigenvalue weighted by atomic mass is 32.2. The van der Waals surface area contributed by atoms with Gasteiger partial charge in [-0.05, 0) is 20.3 Å². The highest BCUT2D eigenvalue weighted by Crippen LogP contribution is 2.07. The Labute approximate surface area is 92.4 Å². The summed E-state index contributed by atoms with van der Waals surface area (Å²) < 4.78 is 27.8. The molecule has 1 rings (SSSR count). The van der Waals surface area contributed by atoms with Crippen LogP contribution in [0.1, 0.15) is 27.2 Å². The van der Waals surface area contributed by atoms with Gasteiger partial charge in [-0.3, -0.25) is 0 Å². The zero-order valence-electron chi connectivity index (χ0n) is 9.66. The lowest BCUT2D eigenvalue weighted by molar-refractivity contribution is 0.260.